The summed E-state index contributed by atoms with van der Waals surface area (Å²) in [7, 11) is -2.21. The third kappa shape index (κ3) is 2.83. The van der Waals surface area contributed by atoms with E-state index in [2.05, 4.69) is 9.71 Å². The topological polar surface area (TPSA) is 108 Å². The van der Waals surface area contributed by atoms with Gasteiger partial charge in [-0.3, -0.25) is 0 Å². The highest BCUT2D eigenvalue weighted by Crippen LogP contribution is 2.34. The number of hydrogen-bond donors (Lipinski definition) is 3. The molecule has 0 amide bonds. The summed E-state index contributed by atoms with van der Waals surface area (Å²) in [6, 6.07) is 0. The Morgan fingerprint density at radius 1 is 1.43 bits per heavy atom. The van der Waals surface area contributed by atoms with Crippen LogP contribution in [0.2, 0.25) is 0 Å². The minimum Gasteiger partial charge on any atom is -0.477 e. The Labute approximate surface area is 123 Å². The number of carbonyl (C=O) groups is 1. The summed E-state index contributed by atoms with van der Waals surface area (Å²) >= 11 is 0. The van der Waals surface area contributed by atoms with Gasteiger partial charge in [0.2, 0.25) is 10.0 Å². The molecule has 1 heterocycles. The molecular formula is C13H20N2O5S. The van der Waals surface area contributed by atoms with Gasteiger partial charge in [-0.2, -0.15) is 0 Å². The van der Waals surface area contributed by atoms with E-state index in [4.69, 9.17) is 9.84 Å². The maximum atomic E-state index is 12.4. The van der Waals surface area contributed by atoms with E-state index in [-0.39, 0.29) is 22.7 Å². The number of sulfonamides is 1. The lowest BCUT2D eigenvalue weighted by molar-refractivity contribution is -0.0659. The summed E-state index contributed by atoms with van der Waals surface area (Å²) in [5.41, 5.74) is 0.00361. The highest BCUT2D eigenvalue weighted by Gasteiger charge is 2.38. The molecule has 21 heavy (non-hydrogen) atoms. The van der Waals surface area contributed by atoms with Gasteiger partial charge in [0.1, 0.15) is 10.6 Å². The zero-order valence-corrected chi connectivity index (χ0v) is 13.1. The van der Waals surface area contributed by atoms with Crippen LogP contribution in [-0.4, -0.2) is 43.7 Å². The fraction of sp³-hybridized carbons (Fsp3) is 0.615. The molecule has 2 rings (SSSR count). The first-order valence-electron chi connectivity index (χ1n) is 6.70. The molecule has 0 spiro atoms. The van der Waals surface area contributed by atoms with Crippen LogP contribution in [0.4, 0.5) is 0 Å². The van der Waals surface area contributed by atoms with Crippen LogP contribution < -0.4 is 4.72 Å². The van der Waals surface area contributed by atoms with E-state index >= 15 is 0 Å². The van der Waals surface area contributed by atoms with Crippen molar-refractivity contribution in [1.29, 1.82) is 0 Å². The lowest BCUT2D eigenvalue weighted by atomic mass is 9.80. The van der Waals surface area contributed by atoms with Gasteiger partial charge in [0, 0.05) is 24.9 Å². The number of rotatable bonds is 6. The van der Waals surface area contributed by atoms with Crippen LogP contribution in [0.25, 0.3) is 0 Å². The van der Waals surface area contributed by atoms with Gasteiger partial charge in [0.05, 0.1) is 5.60 Å². The number of ether oxygens (including phenoxy) is 1. The molecule has 0 atom stereocenters. The largest absolute Gasteiger partial charge is 0.477 e. The van der Waals surface area contributed by atoms with Gasteiger partial charge in [-0.15, -0.1) is 0 Å². The first kappa shape index (κ1) is 16.0. The highest BCUT2D eigenvalue weighted by atomic mass is 32.2. The molecule has 0 bridgehead atoms. The predicted molar refractivity (Wildman–Crippen MR) is 76.0 cm³/mol. The number of aromatic amines is 1. The zero-order chi connectivity index (χ0) is 15.8. The number of methoxy groups -OCH3 is 1. The Hall–Kier alpha value is -1.38. The summed E-state index contributed by atoms with van der Waals surface area (Å²) in [5, 5.41) is 9.05. The van der Waals surface area contributed by atoms with Crippen LogP contribution in [0, 0.1) is 13.8 Å². The minimum atomic E-state index is -3.78. The van der Waals surface area contributed by atoms with Crippen molar-refractivity contribution in [2.75, 3.05) is 13.7 Å². The Balaban J connectivity index is 2.26. The average molecular weight is 316 g/mol. The van der Waals surface area contributed by atoms with Crippen molar-refractivity contribution < 1.29 is 23.1 Å². The number of nitrogens with one attached hydrogen (secondary N) is 2. The number of carboxylic acid groups (broad SMARTS) is 1. The average Bonchev–Trinajstić information content (AvgIpc) is 2.64. The quantitative estimate of drug-likeness (QED) is 0.730. The zero-order valence-electron chi connectivity index (χ0n) is 12.3. The molecule has 118 valence electrons. The number of carboxylic acids is 1. The maximum absolute atomic E-state index is 12.4. The second-order valence-electron chi connectivity index (χ2n) is 5.45. The molecular weight excluding hydrogens is 296 g/mol. The van der Waals surface area contributed by atoms with Crippen molar-refractivity contribution in [2.45, 2.75) is 43.6 Å². The molecule has 1 saturated carbocycles. The summed E-state index contributed by atoms with van der Waals surface area (Å²) in [6.45, 7) is 3.22. The van der Waals surface area contributed by atoms with E-state index in [1.54, 1.807) is 14.0 Å². The van der Waals surface area contributed by atoms with Gasteiger partial charge in [-0.05, 0) is 33.1 Å². The second kappa shape index (κ2) is 5.43. The number of aromatic nitrogens is 1. The van der Waals surface area contributed by atoms with Gasteiger partial charge in [0.25, 0.3) is 0 Å². The first-order chi connectivity index (χ1) is 9.72. The lowest BCUT2D eigenvalue weighted by Crippen LogP contribution is -2.49. The van der Waals surface area contributed by atoms with Crippen LogP contribution in [0.1, 0.15) is 41.0 Å². The van der Waals surface area contributed by atoms with Gasteiger partial charge in [-0.1, -0.05) is 0 Å². The van der Waals surface area contributed by atoms with Crippen molar-refractivity contribution in [3.8, 4) is 0 Å². The standard InChI is InChI=1S/C13H20N2O5S/c1-8-10(12(16)17)15-9(2)11(8)21(18,19)14-7-13(20-3)5-4-6-13/h14-15H,4-7H2,1-3H3,(H,16,17). The summed E-state index contributed by atoms with van der Waals surface area (Å²) < 4.78 is 32.8. The predicted octanol–water partition coefficient (Wildman–Crippen LogP) is 1.18. The number of aryl methyl sites for hydroxylation is 1. The van der Waals surface area contributed by atoms with Crippen molar-refractivity contribution >= 4 is 16.0 Å². The van der Waals surface area contributed by atoms with Crippen molar-refractivity contribution in [3.05, 3.63) is 17.0 Å². The molecule has 8 heteroatoms. The Morgan fingerprint density at radius 3 is 2.43 bits per heavy atom. The van der Waals surface area contributed by atoms with E-state index in [1.807, 2.05) is 0 Å². The van der Waals surface area contributed by atoms with Crippen LogP contribution in [0.15, 0.2) is 4.90 Å². The van der Waals surface area contributed by atoms with E-state index in [9.17, 15) is 13.2 Å². The molecule has 1 aliphatic rings. The smallest absolute Gasteiger partial charge is 0.352 e. The van der Waals surface area contributed by atoms with Crippen LogP contribution in [0.5, 0.6) is 0 Å². The fourth-order valence-corrected chi connectivity index (χ4v) is 4.23. The monoisotopic (exact) mass is 316 g/mol. The Bertz CT molecular complexity index is 653. The molecule has 7 nitrogen and oxygen atoms in total. The SMILES string of the molecule is COC1(CNS(=O)(=O)c2c(C)[nH]c(C(=O)O)c2C)CCC1. The van der Waals surface area contributed by atoms with Crippen molar-refractivity contribution in [2.24, 2.45) is 0 Å². The molecule has 1 fully saturated rings. The van der Waals surface area contributed by atoms with E-state index in [1.165, 1.54) is 6.92 Å². The highest BCUT2D eigenvalue weighted by molar-refractivity contribution is 7.89. The van der Waals surface area contributed by atoms with Gasteiger partial charge in [-0.25, -0.2) is 17.9 Å². The van der Waals surface area contributed by atoms with Crippen molar-refractivity contribution in [3.63, 3.8) is 0 Å². The third-order valence-electron chi connectivity index (χ3n) is 4.13. The van der Waals surface area contributed by atoms with Crippen molar-refractivity contribution in [1.82, 2.24) is 9.71 Å². The lowest BCUT2D eigenvalue weighted by Gasteiger charge is -2.40. The van der Waals surface area contributed by atoms with E-state index in [0.717, 1.165) is 19.3 Å². The molecule has 1 aromatic rings. The number of H-pyrrole nitrogens is 1. The van der Waals surface area contributed by atoms with Gasteiger partial charge >= 0.3 is 5.97 Å². The third-order valence-corrected chi connectivity index (χ3v) is 5.81. The number of hydrogen-bond acceptors (Lipinski definition) is 4. The molecule has 3 N–H and O–H groups in total. The molecule has 0 aromatic carbocycles. The second-order valence-corrected chi connectivity index (χ2v) is 7.15. The maximum Gasteiger partial charge on any atom is 0.352 e. The van der Waals surface area contributed by atoms with Gasteiger partial charge in [0.15, 0.2) is 0 Å². The van der Waals surface area contributed by atoms with Crippen LogP contribution in [-0.2, 0) is 14.8 Å². The molecule has 1 aliphatic carbocycles. The Kier molecular flexibility index (Phi) is 4.14. The Morgan fingerprint density at radius 2 is 2.05 bits per heavy atom. The minimum absolute atomic E-state index is 0.00507. The molecule has 1 aromatic heterocycles. The van der Waals surface area contributed by atoms with Crippen LogP contribution >= 0.6 is 0 Å². The summed E-state index contributed by atoms with van der Waals surface area (Å²) in [6.07, 6.45) is 2.65. The molecule has 0 unspecified atom stereocenters. The number of aromatic carboxylic acids is 1. The molecule has 0 saturated heterocycles. The van der Waals surface area contributed by atoms with E-state index in [0.29, 0.717) is 5.69 Å². The summed E-state index contributed by atoms with van der Waals surface area (Å²) in [5.74, 6) is -1.18. The van der Waals surface area contributed by atoms with Crippen LogP contribution in [0.3, 0.4) is 0 Å². The van der Waals surface area contributed by atoms with E-state index < -0.39 is 21.6 Å². The fourth-order valence-electron chi connectivity index (χ4n) is 2.67. The first-order valence-corrected chi connectivity index (χ1v) is 8.18. The summed E-state index contributed by atoms with van der Waals surface area (Å²) in [4.78, 5) is 13.7. The van der Waals surface area contributed by atoms with Gasteiger partial charge < -0.3 is 14.8 Å². The normalized spacial score (nSPS) is 17.5. The molecule has 0 radical (unpaired) electrons. The molecule has 0 aliphatic heterocycles.